The van der Waals surface area contributed by atoms with Gasteiger partial charge in [0.05, 0.1) is 13.1 Å². The van der Waals surface area contributed by atoms with Gasteiger partial charge in [0.15, 0.2) is 0 Å². The van der Waals surface area contributed by atoms with Crippen molar-refractivity contribution < 1.29 is 4.57 Å². The zero-order chi connectivity index (χ0) is 17.7. The molecule has 7 heteroatoms. The molecule has 0 fully saturated rings. The smallest absolute Gasteiger partial charge is 0.267 e. The van der Waals surface area contributed by atoms with Gasteiger partial charge < -0.3 is 0 Å². The Morgan fingerprint density at radius 2 is 2.00 bits per heavy atom. The van der Waals surface area contributed by atoms with Crippen molar-refractivity contribution in [3.63, 3.8) is 0 Å². The third-order valence-electron chi connectivity index (χ3n) is 5.02. The molecule has 0 amide bonds. The molecule has 0 bridgehead atoms. The van der Waals surface area contributed by atoms with E-state index in [1.807, 2.05) is 23.6 Å². The average molecular weight is 340 g/mol. The standard InChI is InChI=1S/C18H21N5O2/c1-4-21-16(24)14-15(20(3)18(21)25)19-17-22(10-7-11-23(14)17)13-9-6-5-8-12(13)2/h5-6,8-9H,4,7,10-11H2,1-3H3/p+1. The van der Waals surface area contributed by atoms with Crippen LogP contribution in [0.25, 0.3) is 11.2 Å². The van der Waals surface area contributed by atoms with E-state index in [0.717, 1.165) is 31.1 Å². The first-order chi connectivity index (χ1) is 12.0. The number of benzene rings is 1. The van der Waals surface area contributed by atoms with Crippen molar-refractivity contribution in [2.45, 2.75) is 33.4 Å². The molecule has 0 saturated heterocycles. The van der Waals surface area contributed by atoms with E-state index >= 15 is 0 Å². The molecule has 1 aliphatic heterocycles. The average Bonchev–Trinajstić information content (AvgIpc) is 3.01. The summed E-state index contributed by atoms with van der Waals surface area (Å²) in [6, 6.07) is 8.20. The second kappa shape index (κ2) is 5.61. The summed E-state index contributed by atoms with van der Waals surface area (Å²) < 4.78 is 4.83. The van der Waals surface area contributed by atoms with Crippen LogP contribution in [0.5, 0.6) is 0 Å². The van der Waals surface area contributed by atoms with E-state index in [-0.39, 0.29) is 11.2 Å². The van der Waals surface area contributed by atoms with Crippen LogP contribution in [-0.2, 0) is 20.1 Å². The number of aromatic amines is 1. The van der Waals surface area contributed by atoms with Crippen LogP contribution in [0.2, 0.25) is 0 Å². The number of nitrogens with one attached hydrogen (secondary N) is 1. The molecule has 0 radical (unpaired) electrons. The third kappa shape index (κ3) is 2.15. The van der Waals surface area contributed by atoms with Crippen molar-refractivity contribution in [2.75, 3.05) is 11.4 Å². The molecule has 4 rings (SSSR count). The maximum absolute atomic E-state index is 12.9. The monoisotopic (exact) mass is 340 g/mol. The van der Waals surface area contributed by atoms with Crippen LogP contribution in [0.3, 0.4) is 0 Å². The third-order valence-corrected chi connectivity index (χ3v) is 5.02. The first-order valence-electron chi connectivity index (χ1n) is 8.63. The van der Waals surface area contributed by atoms with E-state index in [9.17, 15) is 9.59 Å². The van der Waals surface area contributed by atoms with E-state index in [0.29, 0.717) is 17.7 Å². The molecule has 130 valence electrons. The number of hydrogen-bond acceptors (Lipinski definition) is 3. The SMILES string of the molecule is CCn1c(=O)c2c([nH]c3[n+]2CCCN3c2ccccc2C)n(C)c1=O. The van der Waals surface area contributed by atoms with Gasteiger partial charge in [0, 0.05) is 20.0 Å². The fourth-order valence-electron chi connectivity index (χ4n) is 3.72. The highest BCUT2D eigenvalue weighted by Gasteiger charge is 2.33. The lowest BCUT2D eigenvalue weighted by Crippen LogP contribution is -2.49. The Kier molecular flexibility index (Phi) is 3.52. The van der Waals surface area contributed by atoms with Crippen molar-refractivity contribution in [2.24, 2.45) is 7.05 Å². The summed E-state index contributed by atoms with van der Waals surface area (Å²) in [5.74, 6) is 0.858. The maximum Gasteiger partial charge on any atom is 0.364 e. The molecule has 25 heavy (non-hydrogen) atoms. The van der Waals surface area contributed by atoms with Gasteiger partial charge in [0.1, 0.15) is 5.69 Å². The summed E-state index contributed by atoms with van der Waals surface area (Å²) in [5.41, 5.74) is 2.92. The van der Waals surface area contributed by atoms with Crippen LogP contribution in [0.1, 0.15) is 18.9 Å². The van der Waals surface area contributed by atoms with Crippen molar-refractivity contribution >= 4 is 22.8 Å². The van der Waals surface area contributed by atoms with E-state index in [4.69, 9.17) is 0 Å². The van der Waals surface area contributed by atoms with Gasteiger partial charge in [-0.3, -0.25) is 13.9 Å². The Morgan fingerprint density at radius 1 is 1.24 bits per heavy atom. The van der Waals surface area contributed by atoms with E-state index < -0.39 is 0 Å². The second-order valence-corrected chi connectivity index (χ2v) is 6.48. The molecular weight excluding hydrogens is 318 g/mol. The van der Waals surface area contributed by atoms with Gasteiger partial charge in [-0.2, -0.15) is 0 Å². The summed E-state index contributed by atoms with van der Waals surface area (Å²) in [7, 11) is 1.71. The molecule has 2 aromatic heterocycles. The summed E-state index contributed by atoms with van der Waals surface area (Å²) in [6.45, 7) is 5.89. The summed E-state index contributed by atoms with van der Waals surface area (Å²) >= 11 is 0. The number of nitrogens with zero attached hydrogens (tertiary/aromatic N) is 4. The number of fused-ring (bicyclic) bond motifs is 3. The van der Waals surface area contributed by atoms with Crippen LogP contribution in [0, 0.1) is 6.92 Å². The van der Waals surface area contributed by atoms with Crippen LogP contribution >= 0.6 is 0 Å². The quantitative estimate of drug-likeness (QED) is 0.713. The minimum absolute atomic E-state index is 0.227. The Balaban J connectivity index is 2.05. The van der Waals surface area contributed by atoms with Crippen molar-refractivity contribution in [1.29, 1.82) is 0 Å². The van der Waals surface area contributed by atoms with Gasteiger partial charge in [-0.25, -0.2) is 19.2 Å². The lowest BCUT2D eigenvalue weighted by atomic mass is 10.1. The molecule has 0 saturated carbocycles. The molecule has 3 aromatic rings. The van der Waals surface area contributed by atoms with Gasteiger partial charge in [0.2, 0.25) is 11.2 Å². The highest BCUT2D eigenvalue weighted by molar-refractivity contribution is 5.71. The Labute approximate surface area is 144 Å². The molecule has 3 heterocycles. The first kappa shape index (κ1) is 15.7. The van der Waals surface area contributed by atoms with Crippen LogP contribution in [0.4, 0.5) is 11.6 Å². The number of rotatable bonds is 2. The van der Waals surface area contributed by atoms with Gasteiger partial charge in [-0.05, 0) is 25.5 Å². The van der Waals surface area contributed by atoms with Crippen molar-refractivity contribution in [1.82, 2.24) is 14.1 Å². The fraction of sp³-hybridized carbons (Fsp3) is 0.389. The number of aryl methyl sites for hydroxylation is 3. The topological polar surface area (TPSA) is 66.9 Å². The zero-order valence-corrected chi connectivity index (χ0v) is 14.7. The fourth-order valence-corrected chi connectivity index (χ4v) is 3.72. The van der Waals surface area contributed by atoms with Crippen LogP contribution in [-0.4, -0.2) is 20.7 Å². The maximum atomic E-state index is 12.9. The summed E-state index contributed by atoms with van der Waals surface area (Å²) in [6.07, 6.45) is 0.938. The molecule has 0 aliphatic carbocycles. The van der Waals surface area contributed by atoms with Gasteiger partial charge in [-0.15, -0.1) is 0 Å². The molecule has 1 aliphatic rings. The number of aromatic nitrogens is 4. The molecule has 0 spiro atoms. The summed E-state index contributed by atoms with van der Waals surface area (Å²) in [4.78, 5) is 30.8. The first-order valence-corrected chi connectivity index (χ1v) is 8.63. The molecule has 7 nitrogen and oxygen atoms in total. The Hall–Kier alpha value is -2.83. The lowest BCUT2D eigenvalue weighted by Gasteiger charge is -2.23. The van der Waals surface area contributed by atoms with Gasteiger partial charge >= 0.3 is 11.6 Å². The second-order valence-electron chi connectivity index (χ2n) is 6.48. The van der Waals surface area contributed by atoms with Crippen LogP contribution < -0.4 is 20.7 Å². The number of H-pyrrole nitrogens is 1. The molecule has 1 aromatic carbocycles. The Bertz CT molecular complexity index is 1090. The van der Waals surface area contributed by atoms with Gasteiger partial charge in [-0.1, -0.05) is 18.2 Å². The highest BCUT2D eigenvalue weighted by atomic mass is 16.2. The van der Waals surface area contributed by atoms with Crippen molar-refractivity contribution in [3.8, 4) is 0 Å². The molecule has 0 unspecified atom stereocenters. The predicted molar refractivity (Wildman–Crippen MR) is 96.5 cm³/mol. The number of imidazole rings is 1. The molecule has 1 N–H and O–H groups in total. The van der Waals surface area contributed by atoms with Gasteiger partial charge in [0.25, 0.3) is 5.56 Å². The Morgan fingerprint density at radius 3 is 2.72 bits per heavy atom. The zero-order valence-electron chi connectivity index (χ0n) is 14.7. The number of anilines is 2. The number of hydrogen-bond donors (Lipinski definition) is 1. The lowest BCUT2D eigenvalue weighted by molar-refractivity contribution is -0.663. The summed E-state index contributed by atoms with van der Waals surface area (Å²) in [5, 5.41) is 0. The van der Waals surface area contributed by atoms with Crippen molar-refractivity contribution in [3.05, 3.63) is 50.7 Å². The van der Waals surface area contributed by atoms with Crippen LogP contribution in [0.15, 0.2) is 33.9 Å². The van der Waals surface area contributed by atoms with E-state index in [1.54, 1.807) is 7.05 Å². The predicted octanol–water partition coefficient (Wildman–Crippen LogP) is 1.19. The van der Waals surface area contributed by atoms with E-state index in [1.165, 1.54) is 14.7 Å². The van der Waals surface area contributed by atoms with E-state index in [2.05, 4.69) is 28.9 Å². The largest absolute Gasteiger partial charge is 0.364 e. The highest BCUT2D eigenvalue weighted by Crippen LogP contribution is 2.28. The minimum atomic E-state index is -0.290. The minimum Gasteiger partial charge on any atom is -0.267 e. The molecule has 0 atom stereocenters. The normalized spacial score (nSPS) is 14.1. The number of para-hydroxylation sites is 1. The molecular formula is C18H22N5O2+.